The number of nitrogens with zero attached hydrogens (tertiary/aromatic N) is 1. The Balaban J connectivity index is 1.86. The van der Waals surface area contributed by atoms with Crippen molar-refractivity contribution < 1.29 is 28.5 Å². The fraction of sp³-hybridized carbons (Fsp3) is 0.520. The molecule has 8 heteroatoms. The second kappa shape index (κ2) is 9.19. The number of esters is 1. The molecule has 3 heterocycles. The van der Waals surface area contributed by atoms with Gasteiger partial charge in [0.2, 0.25) is 0 Å². The van der Waals surface area contributed by atoms with E-state index in [1.54, 1.807) is 27.3 Å². The van der Waals surface area contributed by atoms with E-state index in [0.29, 0.717) is 37.0 Å². The van der Waals surface area contributed by atoms with Gasteiger partial charge in [0, 0.05) is 43.9 Å². The third-order valence-electron chi connectivity index (χ3n) is 6.36. The van der Waals surface area contributed by atoms with Crippen molar-refractivity contribution in [3.8, 4) is 22.8 Å². The van der Waals surface area contributed by atoms with E-state index >= 15 is 0 Å². The molecule has 2 aliphatic heterocycles. The second-order valence-corrected chi connectivity index (χ2v) is 8.82. The summed E-state index contributed by atoms with van der Waals surface area (Å²) in [6.07, 6.45) is 2.38. The Morgan fingerprint density at radius 3 is 2.67 bits per heavy atom. The van der Waals surface area contributed by atoms with Gasteiger partial charge in [-0.2, -0.15) is 0 Å². The summed E-state index contributed by atoms with van der Waals surface area (Å²) in [7, 11) is 3.25. The van der Waals surface area contributed by atoms with Gasteiger partial charge in [-0.1, -0.05) is 0 Å². The maximum atomic E-state index is 12.9. The summed E-state index contributed by atoms with van der Waals surface area (Å²) >= 11 is 0. The lowest BCUT2D eigenvalue weighted by atomic mass is 9.79. The van der Waals surface area contributed by atoms with Crippen molar-refractivity contribution >= 4 is 5.97 Å². The highest BCUT2D eigenvalue weighted by Crippen LogP contribution is 2.54. The summed E-state index contributed by atoms with van der Waals surface area (Å²) in [5.41, 5.74) is 1.77. The van der Waals surface area contributed by atoms with Crippen LogP contribution in [-0.4, -0.2) is 56.8 Å². The second-order valence-electron chi connectivity index (χ2n) is 8.82. The molecule has 2 unspecified atom stereocenters. The molecular weight excluding hydrogens is 426 g/mol. The number of carbonyl (C=O) groups is 1. The number of pyridine rings is 1. The summed E-state index contributed by atoms with van der Waals surface area (Å²) < 4.78 is 30.0. The van der Waals surface area contributed by atoms with Gasteiger partial charge in [0.05, 0.1) is 44.3 Å². The highest BCUT2D eigenvalue weighted by atomic mass is 16.5. The number of hydrogen-bond donors (Lipinski definition) is 0. The molecule has 33 heavy (non-hydrogen) atoms. The minimum absolute atomic E-state index is 0.0206. The van der Waals surface area contributed by atoms with Gasteiger partial charge in [-0.25, -0.2) is 4.79 Å². The van der Waals surface area contributed by atoms with E-state index in [9.17, 15) is 9.59 Å². The molecule has 0 N–H and O–H groups in total. The van der Waals surface area contributed by atoms with Crippen molar-refractivity contribution in [2.24, 2.45) is 0 Å². The monoisotopic (exact) mass is 457 g/mol. The average Bonchev–Trinajstić information content (AvgIpc) is 3.11. The summed E-state index contributed by atoms with van der Waals surface area (Å²) in [6, 6.07) is 5.30. The molecule has 0 amide bonds. The van der Waals surface area contributed by atoms with Gasteiger partial charge in [0.15, 0.2) is 16.9 Å². The van der Waals surface area contributed by atoms with E-state index in [1.165, 1.54) is 6.07 Å². The summed E-state index contributed by atoms with van der Waals surface area (Å²) in [6.45, 7) is 7.60. The third-order valence-corrected chi connectivity index (χ3v) is 6.36. The molecule has 2 aliphatic rings. The van der Waals surface area contributed by atoms with Gasteiger partial charge in [-0.3, -0.25) is 4.79 Å². The lowest BCUT2D eigenvalue weighted by molar-refractivity contribution is 0.0144. The molecule has 2 atom stereocenters. The molecule has 1 fully saturated rings. The number of methoxy groups -OCH3 is 2. The summed E-state index contributed by atoms with van der Waals surface area (Å²) in [5.74, 6) is 0.632. The Morgan fingerprint density at radius 2 is 1.97 bits per heavy atom. The Bertz CT molecular complexity index is 1100. The van der Waals surface area contributed by atoms with E-state index in [2.05, 4.69) is 0 Å². The van der Waals surface area contributed by atoms with Crippen LogP contribution in [0.4, 0.5) is 0 Å². The van der Waals surface area contributed by atoms with Crippen LogP contribution in [0, 0.1) is 0 Å². The molecule has 0 spiro atoms. The van der Waals surface area contributed by atoms with Crippen molar-refractivity contribution in [3.05, 3.63) is 45.7 Å². The van der Waals surface area contributed by atoms with E-state index in [4.69, 9.17) is 23.7 Å². The van der Waals surface area contributed by atoms with Crippen molar-refractivity contribution in [3.63, 3.8) is 0 Å². The van der Waals surface area contributed by atoms with Crippen molar-refractivity contribution in [2.45, 2.75) is 44.8 Å². The van der Waals surface area contributed by atoms with Crippen LogP contribution in [0.5, 0.6) is 11.5 Å². The van der Waals surface area contributed by atoms with Gasteiger partial charge in [-0.05, 0) is 38.5 Å². The Labute approximate surface area is 193 Å². The summed E-state index contributed by atoms with van der Waals surface area (Å²) in [4.78, 5) is 25.3. The fourth-order valence-corrected chi connectivity index (χ4v) is 4.87. The first kappa shape index (κ1) is 23.3. The lowest BCUT2D eigenvalue weighted by Gasteiger charge is -2.38. The molecule has 178 valence electrons. The normalized spacial score (nSPS) is 19.9. The Morgan fingerprint density at radius 1 is 1.18 bits per heavy atom. The van der Waals surface area contributed by atoms with E-state index in [0.717, 1.165) is 17.5 Å². The zero-order valence-corrected chi connectivity index (χ0v) is 19.8. The van der Waals surface area contributed by atoms with Gasteiger partial charge in [0.1, 0.15) is 5.56 Å². The number of hydrogen-bond acceptors (Lipinski definition) is 7. The average molecular weight is 458 g/mol. The molecule has 1 aromatic heterocycles. The first-order valence-electron chi connectivity index (χ1n) is 11.2. The zero-order chi connectivity index (χ0) is 23.8. The van der Waals surface area contributed by atoms with E-state index in [1.807, 2.05) is 30.5 Å². The minimum atomic E-state index is -0.616. The number of benzene rings is 1. The largest absolute Gasteiger partial charge is 0.493 e. The fourth-order valence-electron chi connectivity index (χ4n) is 4.87. The molecule has 0 saturated carbocycles. The van der Waals surface area contributed by atoms with Crippen LogP contribution in [0.3, 0.4) is 0 Å². The molecule has 4 rings (SSSR count). The molecular formula is C25H31NO7. The summed E-state index contributed by atoms with van der Waals surface area (Å²) in [5, 5.41) is 0. The van der Waals surface area contributed by atoms with Crippen LogP contribution in [-0.2, 0) is 14.2 Å². The predicted molar refractivity (Wildman–Crippen MR) is 122 cm³/mol. The molecule has 1 aromatic carbocycles. The number of ether oxygens (including phenoxy) is 5. The van der Waals surface area contributed by atoms with Crippen molar-refractivity contribution in [2.75, 3.05) is 40.6 Å². The molecule has 1 saturated heterocycles. The Kier molecular flexibility index (Phi) is 6.50. The number of carbonyl (C=O) groups excluding carboxylic acids is 1. The molecule has 2 aromatic rings. The zero-order valence-electron chi connectivity index (χ0n) is 19.8. The third kappa shape index (κ3) is 4.13. The highest BCUT2D eigenvalue weighted by molar-refractivity contribution is 5.89. The SMILES string of the molecule is CCOC(=O)c1cn2c(cc1=O)-c1cc(OC)c(OCCCOC)cc1C1COC(C)(C)C12. The predicted octanol–water partition coefficient (Wildman–Crippen LogP) is 3.56. The van der Waals surface area contributed by atoms with Crippen molar-refractivity contribution in [1.29, 1.82) is 0 Å². The van der Waals surface area contributed by atoms with Crippen molar-refractivity contribution in [1.82, 2.24) is 4.57 Å². The van der Waals surface area contributed by atoms with Gasteiger partial charge < -0.3 is 28.3 Å². The number of rotatable bonds is 8. The maximum Gasteiger partial charge on any atom is 0.343 e. The molecule has 8 nitrogen and oxygen atoms in total. The lowest BCUT2D eigenvalue weighted by Crippen LogP contribution is -2.36. The maximum absolute atomic E-state index is 12.9. The number of aromatic nitrogens is 1. The molecule has 0 bridgehead atoms. The van der Waals surface area contributed by atoms with Crippen LogP contribution < -0.4 is 14.9 Å². The van der Waals surface area contributed by atoms with E-state index < -0.39 is 11.6 Å². The van der Waals surface area contributed by atoms with E-state index in [-0.39, 0.29) is 29.6 Å². The van der Waals surface area contributed by atoms with Crippen LogP contribution in [0.1, 0.15) is 55.1 Å². The minimum Gasteiger partial charge on any atom is -0.493 e. The Hall–Kier alpha value is -2.84. The standard InChI is InChI=1S/C25H31NO7/c1-6-31-24(28)17-13-26-19(12-20(17)27)16-11-21(30-5)22(32-9-7-8-29-4)10-15(16)18-14-33-25(2,3)23(18)26/h10-13,18,23H,6-9,14H2,1-5H3. The van der Waals surface area contributed by atoms with Gasteiger partial charge >= 0.3 is 5.97 Å². The topological polar surface area (TPSA) is 85.2 Å². The smallest absolute Gasteiger partial charge is 0.343 e. The highest BCUT2D eigenvalue weighted by Gasteiger charge is 2.49. The first-order valence-corrected chi connectivity index (χ1v) is 11.2. The quantitative estimate of drug-likeness (QED) is 0.443. The number of fused-ring (bicyclic) bond motifs is 6. The molecule has 0 radical (unpaired) electrons. The van der Waals surface area contributed by atoms with Gasteiger partial charge in [-0.15, -0.1) is 0 Å². The molecule has 0 aliphatic carbocycles. The van der Waals surface area contributed by atoms with Crippen LogP contribution in [0.2, 0.25) is 0 Å². The first-order chi connectivity index (χ1) is 15.8. The van der Waals surface area contributed by atoms with Crippen LogP contribution >= 0.6 is 0 Å². The van der Waals surface area contributed by atoms with Crippen LogP contribution in [0.25, 0.3) is 11.3 Å². The van der Waals surface area contributed by atoms with Crippen LogP contribution in [0.15, 0.2) is 29.2 Å². The van der Waals surface area contributed by atoms with Gasteiger partial charge in [0.25, 0.3) is 0 Å².